The lowest BCUT2D eigenvalue weighted by Crippen LogP contribution is -2.19. The molecule has 0 unspecified atom stereocenters. The number of halogens is 7. The maximum absolute atomic E-state index is 13.2. The van der Waals surface area contributed by atoms with Crippen LogP contribution >= 0.6 is 12.4 Å². The van der Waals surface area contributed by atoms with Gasteiger partial charge in [0.1, 0.15) is 11.5 Å². The van der Waals surface area contributed by atoms with Gasteiger partial charge in [0, 0.05) is 0 Å². The highest BCUT2D eigenvalue weighted by Gasteiger charge is 2.35. The second-order valence-corrected chi connectivity index (χ2v) is 5.05. The van der Waals surface area contributed by atoms with E-state index in [1.165, 1.54) is 31.4 Å². The zero-order chi connectivity index (χ0) is 18.8. The number of alkyl halides is 6. The number of rotatable bonds is 4. The van der Waals surface area contributed by atoms with Gasteiger partial charge in [-0.3, -0.25) is 0 Å². The van der Waals surface area contributed by atoms with Gasteiger partial charge in [-0.1, -0.05) is 18.2 Å². The molecule has 2 aromatic carbocycles. The Balaban J connectivity index is 0.00000338. The number of ether oxygens (including phenoxy) is 2. The fourth-order valence-corrected chi connectivity index (χ4v) is 2.24. The van der Waals surface area contributed by atoms with Gasteiger partial charge in [0.25, 0.3) is 0 Å². The van der Waals surface area contributed by atoms with Gasteiger partial charge >= 0.3 is 12.5 Å². The summed E-state index contributed by atoms with van der Waals surface area (Å²) in [4.78, 5) is 0. The Labute approximate surface area is 151 Å². The fraction of sp³-hybridized carbons (Fsp3) is 0.250. The number of hydrogen-bond acceptors (Lipinski definition) is 3. The number of nitrogens with two attached hydrogens (primary N) is 1. The standard InChI is InChI=1S/C16H13F6NO2.ClH/c1-24-11-6-7-12(13(8-11)15(17,18)19)14(23)9-2-4-10(5-3-9)25-16(20,21)22;/h2-8,14H,23H2,1H3;1H/t14-;/m0./s1. The Morgan fingerprint density at radius 3 is 1.88 bits per heavy atom. The summed E-state index contributed by atoms with van der Waals surface area (Å²) in [5, 5.41) is 0. The van der Waals surface area contributed by atoms with E-state index in [2.05, 4.69) is 4.74 Å². The second-order valence-electron chi connectivity index (χ2n) is 5.05. The Hall–Kier alpha value is -2.13. The molecule has 0 spiro atoms. The molecule has 0 saturated carbocycles. The van der Waals surface area contributed by atoms with Crippen molar-refractivity contribution in [1.82, 2.24) is 0 Å². The molecule has 0 amide bonds. The van der Waals surface area contributed by atoms with E-state index in [9.17, 15) is 26.3 Å². The van der Waals surface area contributed by atoms with E-state index < -0.39 is 29.9 Å². The molecule has 0 bridgehead atoms. The largest absolute Gasteiger partial charge is 0.573 e. The molecule has 144 valence electrons. The van der Waals surface area contributed by atoms with Crippen LogP contribution in [0.2, 0.25) is 0 Å². The smallest absolute Gasteiger partial charge is 0.497 e. The van der Waals surface area contributed by atoms with Crippen molar-refractivity contribution in [2.75, 3.05) is 7.11 Å². The van der Waals surface area contributed by atoms with E-state index in [4.69, 9.17) is 10.5 Å². The van der Waals surface area contributed by atoms with Crippen LogP contribution < -0.4 is 15.2 Å². The van der Waals surface area contributed by atoms with Gasteiger partial charge in [-0.05, 0) is 35.4 Å². The van der Waals surface area contributed by atoms with Gasteiger partial charge in [0.2, 0.25) is 0 Å². The average molecular weight is 402 g/mol. The maximum Gasteiger partial charge on any atom is 0.573 e. The van der Waals surface area contributed by atoms with Crippen LogP contribution in [0.3, 0.4) is 0 Å². The van der Waals surface area contributed by atoms with Crippen molar-refractivity contribution in [3.8, 4) is 11.5 Å². The van der Waals surface area contributed by atoms with E-state index in [-0.39, 0.29) is 29.3 Å². The van der Waals surface area contributed by atoms with Gasteiger partial charge in [-0.25, -0.2) is 0 Å². The van der Waals surface area contributed by atoms with Crippen LogP contribution in [-0.2, 0) is 6.18 Å². The molecule has 0 aliphatic heterocycles. The summed E-state index contributed by atoms with van der Waals surface area (Å²) >= 11 is 0. The monoisotopic (exact) mass is 401 g/mol. The lowest BCUT2D eigenvalue weighted by atomic mass is 9.94. The number of hydrogen-bond donors (Lipinski definition) is 1. The molecule has 1 atom stereocenters. The number of benzene rings is 2. The van der Waals surface area contributed by atoms with Gasteiger partial charge in [0.05, 0.1) is 18.7 Å². The fourth-order valence-electron chi connectivity index (χ4n) is 2.24. The minimum absolute atomic E-state index is 0. The molecule has 0 heterocycles. The van der Waals surface area contributed by atoms with Crippen molar-refractivity contribution in [2.24, 2.45) is 5.73 Å². The third-order valence-electron chi connectivity index (χ3n) is 3.37. The first-order valence-electron chi connectivity index (χ1n) is 6.87. The molecule has 10 heteroatoms. The molecular formula is C16H14ClF6NO2. The predicted octanol–water partition coefficient (Wildman–Crippen LogP) is 5.08. The molecule has 2 rings (SSSR count). The second kappa shape index (κ2) is 8.05. The van der Waals surface area contributed by atoms with E-state index in [1.54, 1.807) is 0 Å². The quantitative estimate of drug-likeness (QED) is 0.726. The minimum Gasteiger partial charge on any atom is -0.497 e. The van der Waals surface area contributed by atoms with Crippen molar-refractivity contribution in [3.05, 3.63) is 59.2 Å². The van der Waals surface area contributed by atoms with Crippen LogP contribution in [0, 0.1) is 0 Å². The highest BCUT2D eigenvalue weighted by Crippen LogP contribution is 2.38. The zero-order valence-electron chi connectivity index (χ0n) is 13.2. The van der Waals surface area contributed by atoms with Crippen LogP contribution in [-0.4, -0.2) is 13.5 Å². The van der Waals surface area contributed by atoms with Crippen LogP contribution in [0.5, 0.6) is 11.5 Å². The normalized spacial score (nSPS) is 12.9. The molecule has 0 fully saturated rings. The summed E-state index contributed by atoms with van der Waals surface area (Å²) in [5.41, 5.74) is 4.88. The first-order chi connectivity index (χ1) is 11.5. The molecule has 0 radical (unpaired) electrons. The lowest BCUT2D eigenvalue weighted by molar-refractivity contribution is -0.274. The molecule has 2 N–H and O–H groups in total. The van der Waals surface area contributed by atoms with Crippen LogP contribution in [0.25, 0.3) is 0 Å². The first-order valence-corrected chi connectivity index (χ1v) is 6.87. The Morgan fingerprint density at radius 1 is 0.885 bits per heavy atom. The first kappa shape index (κ1) is 21.9. The third kappa shape index (κ3) is 5.43. The Morgan fingerprint density at radius 2 is 1.42 bits per heavy atom. The summed E-state index contributed by atoms with van der Waals surface area (Å²) in [6, 6.07) is 6.45. The summed E-state index contributed by atoms with van der Waals surface area (Å²) in [6.07, 6.45) is -9.52. The summed E-state index contributed by atoms with van der Waals surface area (Å²) in [6.45, 7) is 0. The summed E-state index contributed by atoms with van der Waals surface area (Å²) in [5.74, 6) is -0.480. The highest BCUT2D eigenvalue weighted by molar-refractivity contribution is 5.85. The van der Waals surface area contributed by atoms with Gasteiger partial charge < -0.3 is 15.2 Å². The van der Waals surface area contributed by atoms with E-state index in [0.29, 0.717) is 0 Å². The highest BCUT2D eigenvalue weighted by atomic mass is 35.5. The molecule has 3 nitrogen and oxygen atoms in total. The SMILES string of the molecule is COc1ccc([C@@H](N)c2ccc(OC(F)(F)F)cc2)c(C(F)(F)F)c1.Cl. The van der Waals surface area contributed by atoms with Gasteiger partial charge in [-0.2, -0.15) is 13.2 Å². The molecular weight excluding hydrogens is 388 g/mol. The molecule has 0 aliphatic rings. The minimum atomic E-state index is -4.86. The van der Waals surface area contributed by atoms with Crippen molar-refractivity contribution in [2.45, 2.75) is 18.6 Å². The Kier molecular flexibility index (Phi) is 6.78. The molecule has 26 heavy (non-hydrogen) atoms. The van der Waals surface area contributed by atoms with Crippen molar-refractivity contribution in [1.29, 1.82) is 0 Å². The van der Waals surface area contributed by atoms with Gasteiger partial charge in [0.15, 0.2) is 0 Å². The Bertz CT molecular complexity index is 731. The average Bonchev–Trinajstić information content (AvgIpc) is 2.52. The van der Waals surface area contributed by atoms with E-state index >= 15 is 0 Å². The molecule has 2 aromatic rings. The topological polar surface area (TPSA) is 44.5 Å². The van der Waals surface area contributed by atoms with Crippen molar-refractivity contribution < 1.29 is 35.8 Å². The van der Waals surface area contributed by atoms with Crippen LogP contribution in [0.4, 0.5) is 26.3 Å². The third-order valence-corrected chi connectivity index (χ3v) is 3.37. The van der Waals surface area contributed by atoms with Crippen molar-refractivity contribution in [3.63, 3.8) is 0 Å². The number of methoxy groups -OCH3 is 1. The zero-order valence-corrected chi connectivity index (χ0v) is 14.0. The van der Waals surface area contributed by atoms with Gasteiger partial charge in [-0.15, -0.1) is 25.6 Å². The molecule has 0 aromatic heterocycles. The lowest BCUT2D eigenvalue weighted by Gasteiger charge is -2.20. The van der Waals surface area contributed by atoms with E-state index in [0.717, 1.165) is 18.2 Å². The van der Waals surface area contributed by atoms with Crippen molar-refractivity contribution >= 4 is 12.4 Å². The van der Waals surface area contributed by atoms with Crippen LogP contribution in [0.1, 0.15) is 22.7 Å². The molecule has 0 aliphatic carbocycles. The van der Waals surface area contributed by atoms with E-state index in [1.807, 2.05) is 0 Å². The summed E-state index contributed by atoms with van der Waals surface area (Å²) < 4.78 is 84.6. The molecule has 0 saturated heterocycles. The van der Waals surface area contributed by atoms with Crippen LogP contribution in [0.15, 0.2) is 42.5 Å². The predicted molar refractivity (Wildman–Crippen MR) is 84.4 cm³/mol. The summed E-state index contributed by atoms with van der Waals surface area (Å²) in [7, 11) is 1.23. The maximum atomic E-state index is 13.2.